The van der Waals surface area contributed by atoms with Gasteiger partial charge in [0.2, 0.25) is 0 Å². The van der Waals surface area contributed by atoms with Crippen LogP contribution in [0, 0.1) is 11.8 Å². The third-order valence-corrected chi connectivity index (χ3v) is 4.36. The Hall–Kier alpha value is -1.26. The molecule has 1 aromatic rings. The van der Waals surface area contributed by atoms with E-state index in [1.807, 2.05) is 18.2 Å². The molecule has 1 fully saturated rings. The Morgan fingerprint density at radius 3 is 2.40 bits per heavy atom. The average Bonchev–Trinajstić information content (AvgIpc) is 2.76. The van der Waals surface area contributed by atoms with Gasteiger partial charge in [0.05, 0.1) is 14.2 Å². The molecule has 2 N–H and O–H groups in total. The molecule has 1 aliphatic rings. The topological polar surface area (TPSA) is 47.7 Å². The fourth-order valence-electron chi connectivity index (χ4n) is 2.90. The van der Waals surface area contributed by atoms with E-state index >= 15 is 0 Å². The lowest BCUT2D eigenvalue weighted by Gasteiger charge is -2.22. The Morgan fingerprint density at radius 1 is 1.20 bits per heavy atom. The lowest BCUT2D eigenvalue weighted by atomic mass is 10.0. The smallest absolute Gasteiger partial charge is 0.123 e. The van der Waals surface area contributed by atoms with E-state index in [0.29, 0.717) is 0 Å². The van der Waals surface area contributed by atoms with Crippen LogP contribution in [0.25, 0.3) is 0 Å². The number of hydrogen-bond donors (Lipinski definition) is 1. The first-order valence-corrected chi connectivity index (χ1v) is 7.25. The first kappa shape index (κ1) is 15.1. The minimum atomic E-state index is -0.0578. The van der Waals surface area contributed by atoms with Crippen molar-refractivity contribution in [3.8, 4) is 11.5 Å². The van der Waals surface area contributed by atoms with Gasteiger partial charge in [0.1, 0.15) is 11.5 Å². The maximum absolute atomic E-state index is 6.39. The van der Waals surface area contributed by atoms with Crippen molar-refractivity contribution >= 4 is 0 Å². The summed E-state index contributed by atoms with van der Waals surface area (Å²) in [6.45, 7) is 7.73. The highest BCUT2D eigenvalue weighted by molar-refractivity contribution is 5.42. The molecule has 1 heterocycles. The molecule has 0 aromatic heterocycles. The van der Waals surface area contributed by atoms with Crippen molar-refractivity contribution in [2.45, 2.75) is 19.9 Å². The maximum atomic E-state index is 6.39. The Balaban J connectivity index is 2.10. The predicted octanol–water partition coefficient (Wildman–Crippen LogP) is 2.29. The van der Waals surface area contributed by atoms with E-state index in [4.69, 9.17) is 15.2 Å². The normalized spacial score (nSPS) is 24.6. The monoisotopic (exact) mass is 278 g/mol. The van der Waals surface area contributed by atoms with Gasteiger partial charge in [-0.05, 0) is 30.0 Å². The van der Waals surface area contributed by atoms with Gasteiger partial charge in [0, 0.05) is 31.2 Å². The van der Waals surface area contributed by atoms with Gasteiger partial charge in [-0.3, -0.25) is 0 Å². The highest BCUT2D eigenvalue weighted by Gasteiger charge is 2.27. The fourth-order valence-corrected chi connectivity index (χ4v) is 2.90. The summed E-state index contributed by atoms with van der Waals surface area (Å²) in [6, 6.07) is 5.74. The molecule has 1 aliphatic heterocycles. The second-order valence-electron chi connectivity index (χ2n) is 5.89. The molecule has 20 heavy (non-hydrogen) atoms. The van der Waals surface area contributed by atoms with Crippen molar-refractivity contribution < 1.29 is 9.47 Å². The van der Waals surface area contributed by atoms with Gasteiger partial charge >= 0.3 is 0 Å². The predicted molar refractivity (Wildman–Crippen MR) is 81.2 cm³/mol. The number of methoxy groups -OCH3 is 2. The SMILES string of the molecule is COc1ccc(OC)c(C(N)CN2CC(C)C(C)C2)c1. The van der Waals surface area contributed by atoms with Crippen molar-refractivity contribution in [2.75, 3.05) is 33.9 Å². The highest BCUT2D eigenvalue weighted by atomic mass is 16.5. The van der Waals surface area contributed by atoms with Crippen LogP contribution < -0.4 is 15.2 Å². The van der Waals surface area contributed by atoms with E-state index < -0.39 is 0 Å². The van der Waals surface area contributed by atoms with E-state index in [1.165, 1.54) is 0 Å². The van der Waals surface area contributed by atoms with E-state index in [2.05, 4.69) is 18.7 Å². The molecule has 1 saturated heterocycles. The minimum absolute atomic E-state index is 0.0578. The maximum Gasteiger partial charge on any atom is 0.123 e. The molecule has 4 nitrogen and oxygen atoms in total. The first-order chi connectivity index (χ1) is 9.55. The third-order valence-electron chi connectivity index (χ3n) is 4.36. The Labute approximate surface area is 121 Å². The van der Waals surface area contributed by atoms with Crippen LogP contribution in [0.3, 0.4) is 0 Å². The number of rotatable bonds is 5. The second kappa shape index (κ2) is 6.46. The minimum Gasteiger partial charge on any atom is -0.497 e. The zero-order valence-corrected chi connectivity index (χ0v) is 12.9. The van der Waals surface area contributed by atoms with Crippen molar-refractivity contribution in [2.24, 2.45) is 17.6 Å². The molecule has 0 bridgehead atoms. The quantitative estimate of drug-likeness (QED) is 0.898. The van der Waals surface area contributed by atoms with E-state index in [-0.39, 0.29) is 6.04 Å². The number of ether oxygens (including phenoxy) is 2. The van der Waals surface area contributed by atoms with Crippen LogP contribution in [0.1, 0.15) is 25.5 Å². The zero-order valence-electron chi connectivity index (χ0n) is 12.9. The van der Waals surface area contributed by atoms with Crippen LogP contribution in [-0.2, 0) is 0 Å². The van der Waals surface area contributed by atoms with Crippen LogP contribution in [0.5, 0.6) is 11.5 Å². The van der Waals surface area contributed by atoms with Crippen molar-refractivity contribution in [1.82, 2.24) is 4.90 Å². The van der Waals surface area contributed by atoms with Gasteiger partial charge in [-0.25, -0.2) is 0 Å². The summed E-state index contributed by atoms with van der Waals surface area (Å²) in [5, 5.41) is 0. The lowest BCUT2D eigenvalue weighted by molar-refractivity contribution is 0.298. The zero-order chi connectivity index (χ0) is 14.7. The van der Waals surface area contributed by atoms with Crippen LogP contribution >= 0.6 is 0 Å². The fraction of sp³-hybridized carbons (Fsp3) is 0.625. The van der Waals surface area contributed by atoms with Gasteiger partial charge in [-0.2, -0.15) is 0 Å². The largest absolute Gasteiger partial charge is 0.497 e. The lowest BCUT2D eigenvalue weighted by Crippen LogP contribution is -2.31. The van der Waals surface area contributed by atoms with Crippen LogP contribution in [0.15, 0.2) is 18.2 Å². The van der Waals surface area contributed by atoms with Crippen LogP contribution in [0.4, 0.5) is 0 Å². The molecule has 0 amide bonds. The molecular formula is C16H26N2O2. The molecule has 1 aromatic carbocycles. The van der Waals surface area contributed by atoms with Crippen LogP contribution in [0.2, 0.25) is 0 Å². The summed E-state index contributed by atoms with van der Waals surface area (Å²) in [7, 11) is 3.35. The van der Waals surface area contributed by atoms with Gasteiger partial charge in [0.15, 0.2) is 0 Å². The summed E-state index contributed by atoms with van der Waals surface area (Å²) >= 11 is 0. The summed E-state index contributed by atoms with van der Waals surface area (Å²) in [6.07, 6.45) is 0. The molecule has 2 rings (SSSR count). The van der Waals surface area contributed by atoms with Crippen molar-refractivity contribution in [3.05, 3.63) is 23.8 Å². The highest BCUT2D eigenvalue weighted by Crippen LogP contribution is 2.30. The Kier molecular flexibility index (Phi) is 4.89. The molecular weight excluding hydrogens is 252 g/mol. The van der Waals surface area contributed by atoms with Gasteiger partial charge < -0.3 is 20.1 Å². The molecule has 112 valence electrons. The number of nitrogens with two attached hydrogens (primary N) is 1. The first-order valence-electron chi connectivity index (χ1n) is 7.25. The average molecular weight is 278 g/mol. The standard InChI is InChI=1S/C16H26N2O2/c1-11-8-18(9-12(11)2)10-15(17)14-7-13(19-3)5-6-16(14)20-4/h5-7,11-12,15H,8-10,17H2,1-4H3. The van der Waals surface area contributed by atoms with Gasteiger partial charge in [-0.15, -0.1) is 0 Å². The number of nitrogens with zero attached hydrogens (tertiary/aromatic N) is 1. The van der Waals surface area contributed by atoms with E-state index in [1.54, 1.807) is 14.2 Å². The summed E-state index contributed by atoms with van der Waals surface area (Å²) < 4.78 is 10.7. The van der Waals surface area contributed by atoms with Crippen LogP contribution in [-0.4, -0.2) is 38.8 Å². The molecule has 0 saturated carbocycles. The third kappa shape index (κ3) is 3.25. The molecule has 3 unspecified atom stereocenters. The number of hydrogen-bond acceptors (Lipinski definition) is 4. The number of benzene rings is 1. The van der Waals surface area contributed by atoms with Crippen molar-refractivity contribution in [3.63, 3.8) is 0 Å². The van der Waals surface area contributed by atoms with Gasteiger partial charge in [-0.1, -0.05) is 13.8 Å². The van der Waals surface area contributed by atoms with Crippen molar-refractivity contribution in [1.29, 1.82) is 0 Å². The summed E-state index contributed by atoms with van der Waals surface area (Å²) in [4.78, 5) is 2.44. The molecule has 3 atom stereocenters. The van der Waals surface area contributed by atoms with E-state index in [0.717, 1.165) is 48.5 Å². The molecule has 4 heteroatoms. The summed E-state index contributed by atoms with van der Waals surface area (Å²) in [5.41, 5.74) is 7.40. The Bertz CT molecular complexity index is 440. The summed E-state index contributed by atoms with van der Waals surface area (Å²) in [5.74, 6) is 3.14. The second-order valence-corrected chi connectivity index (χ2v) is 5.89. The molecule has 0 radical (unpaired) electrons. The molecule has 0 aliphatic carbocycles. The van der Waals surface area contributed by atoms with E-state index in [9.17, 15) is 0 Å². The molecule has 0 spiro atoms. The number of likely N-dealkylation sites (tertiary alicyclic amines) is 1. The Morgan fingerprint density at radius 2 is 1.85 bits per heavy atom. The van der Waals surface area contributed by atoms with Gasteiger partial charge in [0.25, 0.3) is 0 Å².